The van der Waals surface area contributed by atoms with Crippen molar-refractivity contribution in [3.8, 4) is 23.2 Å². The molecule has 1 aromatic carbocycles. The molecule has 2 aliphatic rings. The predicted octanol–water partition coefficient (Wildman–Crippen LogP) is 6.72. The van der Waals surface area contributed by atoms with E-state index in [9.17, 15) is 5.26 Å². The highest BCUT2D eigenvalue weighted by atomic mass is 28.4. The fourth-order valence-electron chi connectivity index (χ4n) is 4.98. The lowest BCUT2D eigenvalue weighted by molar-refractivity contribution is 0.108. The Hall–Kier alpha value is -3.52. The quantitative estimate of drug-likeness (QED) is 0.278. The minimum absolute atomic E-state index is 0.0393. The van der Waals surface area contributed by atoms with Gasteiger partial charge in [-0.15, -0.1) is 0 Å². The van der Waals surface area contributed by atoms with Crippen LogP contribution < -0.4 is 15.4 Å². The van der Waals surface area contributed by atoms with Gasteiger partial charge in [0.05, 0.1) is 42.0 Å². The molecule has 0 saturated carbocycles. The van der Waals surface area contributed by atoms with E-state index in [1.54, 1.807) is 6.20 Å². The maximum atomic E-state index is 10.1. The number of nitrogens with zero attached hydrogens (tertiary/aromatic N) is 4. The van der Waals surface area contributed by atoms with Crippen LogP contribution in [0.5, 0.6) is 5.88 Å². The molecular formula is C32H42N6O3Si. The van der Waals surface area contributed by atoms with E-state index in [2.05, 4.69) is 68.5 Å². The zero-order chi connectivity index (χ0) is 30.3. The third-order valence-corrected chi connectivity index (χ3v) is 13.0. The Morgan fingerprint density at radius 3 is 2.71 bits per heavy atom. The van der Waals surface area contributed by atoms with Crippen molar-refractivity contribution in [1.29, 1.82) is 5.26 Å². The summed E-state index contributed by atoms with van der Waals surface area (Å²) in [6.07, 6.45) is 2.44. The van der Waals surface area contributed by atoms with Crippen molar-refractivity contribution in [2.75, 3.05) is 30.4 Å². The largest absolute Gasteiger partial charge is 0.473 e. The van der Waals surface area contributed by atoms with Crippen LogP contribution in [-0.4, -0.2) is 49.1 Å². The van der Waals surface area contributed by atoms with Crippen LogP contribution >= 0.6 is 0 Å². The average molecular weight is 587 g/mol. The first-order valence-electron chi connectivity index (χ1n) is 14.6. The maximum absolute atomic E-state index is 10.1. The standard InChI is InChI=1S/C32H42N6O3Si/c1-20(2)41-29-27(15-23-17-39-12-10-26(23)36-29)38-30-34-11-9-25(37-30)21-13-22(16-33)28-24(14-21)32(6,18-35-28)19-40-42(7,8)31(3,4)5/h9,11,13-15,20,35H,10,12,17-19H2,1-8H3,(H,34,37,38)/t32-/m1/s1. The van der Waals surface area contributed by atoms with Crippen LogP contribution in [0.4, 0.5) is 17.3 Å². The summed E-state index contributed by atoms with van der Waals surface area (Å²) >= 11 is 0. The van der Waals surface area contributed by atoms with E-state index in [1.165, 1.54) is 0 Å². The number of aromatic nitrogens is 3. The number of fused-ring (bicyclic) bond motifs is 2. The average Bonchev–Trinajstić information content (AvgIpc) is 3.28. The van der Waals surface area contributed by atoms with Crippen molar-refractivity contribution >= 4 is 25.6 Å². The molecule has 5 rings (SSSR count). The van der Waals surface area contributed by atoms with Gasteiger partial charge in [0.2, 0.25) is 11.8 Å². The molecule has 4 heterocycles. The molecule has 0 saturated heterocycles. The number of hydrogen-bond acceptors (Lipinski definition) is 9. The van der Waals surface area contributed by atoms with Crippen molar-refractivity contribution in [3.05, 3.63) is 52.8 Å². The van der Waals surface area contributed by atoms with Crippen molar-refractivity contribution in [2.45, 2.75) is 84.2 Å². The van der Waals surface area contributed by atoms with Gasteiger partial charge in [-0.25, -0.2) is 15.0 Å². The lowest BCUT2D eigenvalue weighted by atomic mass is 9.83. The SMILES string of the molecule is CC(C)Oc1nc2c(cc1Nc1nccc(-c3cc(C#N)c4c(c3)[C@@](C)(CO[Si](C)(C)C(C)(C)C)CN4)n1)COCC2. The van der Waals surface area contributed by atoms with Crippen LogP contribution in [0.2, 0.25) is 18.1 Å². The zero-order valence-electron chi connectivity index (χ0n) is 26.0. The second-order valence-corrected chi connectivity index (χ2v) is 18.1. The molecule has 2 aliphatic heterocycles. The molecule has 2 N–H and O–H groups in total. The van der Waals surface area contributed by atoms with Gasteiger partial charge < -0.3 is 24.5 Å². The summed E-state index contributed by atoms with van der Waals surface area (Å²) in [5, 5.41) is 17.0. The van der Waals surface area contributed by atoms with Gasteiger partial charge in [0.1, 0.15) is 11.8 Å². The van der Waals surface area contributed by atoms with Gasteiger partial charge in [-0.3, -0.25) is 0 Å². The van der Waals surface area contributed by atoms with E-state index in [1.807, 2.05) is 32.0 Å². The first kappa shape index (κ1) is 30.0. The van der Waals surface area contributed by atoms with Crippen molar-refractivity contribution in [1.82, 2.24) is 15.0 Å². The first-order chi connectivity index (χ1) is 19.8. The lowest BCUT2D eigenvalue weighted by Gasteiger charge is -2.39. The third-order valence-electron chi connectivity index (χ3n) is 8.56. The van der Waals surface area contributed by atoms with E-state index in [0.717, 1.165) is 34.5 Å². The van der Waals surface area contributed by atoms with Gasteiger partial charge in [0.25, 0.3) is 0 Å². The van der Waals surface area contributed by atoms with Gasteiger partial charge in [0, 0.05) is 42.3 Å². The fourth-order valence-corrected chi connectivity index (χ4v) is 6.09. The van der Waals surface area contributed by atoms with Gasteiger partial charge in [0.15, 0.2) is 8.32 Å². The maximum Gasteiger partial charge on any atom is 0.238 e. The number of pyridine rings is 1. The van der Waals surface area contributed by atoms with Crippen LogP contribution in [0.1, 0.15) is 63.9 Å². The minimum atomic E-state index is -1.95. The molecule has 0 fully saturated rings. The topological polar surface area (TPSA) is 114 Å². The normalized spacial score (nSPS) is 18.2. The molecule has 1 atom stereocenters. The molecule has 3 aromatic rings. The van der Waals surface area contributed by atoms with E-state index in [0.29, 0.717) is 55.1 Å². The van der Waals surface area contributed by atoms with Crippen molar-refractivity contribution < 1.29 is 13.9 Å². The van der Waals surface area contributed by atoms with Crippen LogP contribution in [0.3, 0.4) is 0 Å². The third kappa shape index (κ3) is 6.00. The molecule has 222 valence electrons. The summed E-state index contributed by atoms with van der Waals surface area (Å²) in [5.74, 6) is 0.938. The summed E-state index contributed by atoms with van der Waals surface area (Å²) in [6.45, 7) is 19.9. The van der Waals surface area contributed by atoms with Crippen molar-refractivity contribution in [3.63, 3.8) is 0 Å². The second kappa shape index (κ2) is 11.3. The van der Waals surface area contributed by atoms with Gasteiger partial charge in [-0.05, 0) is 61.8 Å². The van der Waals surface area contributed by atoms with Crippen LogP contribution in [-0.2, 0) is 27.6 Å². The van der Waals surface area contributed by atoms with E-state index < -0.39 is 8.32 Å². The van der Waals surface area contributed by atoms with Crippen molar-refractivity contribution in [2.24, 2.45) is 0 Å². The Morgan fingerprint density at radius 2 is 2.00 bits per heavy atom. The molecule has 2 aromatic heterocycles. The highest BCUT2D eigenvalue weighted by Gasteiger charge is 2.42. The zero-order valence-corrected chi connectivity index (χ0v) is 27.0. The number of nitriles is 1. The number of ether oxygens (including phenoxy) is 2. The molecule has 0 radical (unpaired) electrons. The number of nitrogens with one attached hydrogen (secondary N) is 2. The van der Waals surface area contributed by atoms with Gasteiger partial charge in [-0.1, -0.05) is 27.7 Å². The summed E-state index contributed by atoms with van der Waals surface area (Å²) in [4.78, 5) is 14.1. The Bertz CT molecular complexity index is 1530. The monoisotopic (exact) mass is 586 g/mol. The predicted molar refractivity (Wildman–Crippen MR) is 168 cm³/mol. The van der Waals surface area contributed by atoms with Crippen LogP contribution in [0, 0.1) is 11.3 Å². The summed E-state index contributed by atoms with van der Waals surface area (Å²) in [5.41, 5.74) is 6.56. The Labute approximate surface area is 250 Å². The number of rotatable bonds is 8. The number of benzene rings is 1. The van der Waals surface area contributed by atoms with E-state index in [4.69, 9.17) is 23.9 Å². The number of hydrogen-bond donors (Lipinski definition) is 2. The first-order valence-corrected chi connectivity index (χ1v) is 17.5. The van der Waals surface area contributed by atoms with Gasteiger partial charge >= 0.3 is 0 Å². The summed E-state index contributed by atoms with van der Waals surface area (Å²) < 4.78 is 18.4. The summed E-state index contributed by atoms with van der Waals surface area (Å²) in [7, 11) is -1.95. The van der Waals surface area contributed by atoms with Crippen LogP contribution in [0.25, 0.3) is 11.3 Å². The lowest BCUT2D eigenvalue weighted by Crippen LogP contribution is -2.45. The molecular weight excluding hydrogens is 544 g/mol. The Balaban J connectivity index is 1.47. The molecule has 10 heteroatoms. The summed E-state index contributed by atoms with van der Waals surface area (Å²) in [6, 6.07) is 10.3. The number of anilines is 3. The molecule has 9 nitrogen and oxygen atoms in total. The highest BCUT2D eigenvalue weighted by molar-refractivity contribution is 6.74. The Morgan fingerprint density at radius 1 is 1.21 bits per heavy atom. The fraction of sp³-hybridized carbons (Fsp3) is 0.500. The molecule has 0 aliphatic carbocycles. The second-order valence-electron chi connectivity index (χ2n) is 13.3. The van der Waals surface area contributed by atoms with E-state index in [-0.39, 0.29) is 16.6 Å². The Kier molecular flexibility index (Phi) is 8.05. The van der Waals surface area contributed by atoms with Crippen LogP contribution in [0.15, 0.2) is 30.5 Å². The highest BCUT2D eigenvalue weighted by Crippen LogP contribution is 2.44. The molecule has 0 unspecified atom stereocenters. The smallest absolute Gasteiger partial charge is 0.238 e. The molecule has 0 bridgehead atoms. The molecule has 0 amide bonds. The molecule has 42 heavy (non-hydrogen) atoms. The minimum Gasteiger partial charge on any atom is -0.473 e. The van der Waals surface area contributed by atoms with E-state index >= 15 is 0 Å². The van der Waals surface area contributed by atoms with Gasteiger partial charge in [-0.2, -0.15) is 5.26 Å². The molecule has 0 spiro atoms.